The van der Waals surface area contributed by atoms with E-state index in [0.29, 0.717) is 24.7 Å². The number of unbranched alkanes of at least 4 members (excludes halogenated alkanes) is 1. The first-order chi connectivity index (χ1) is 13.0. The highest BCUT2D eigenvalue weighted by molar-refractivity contribution is 5.85. The lowest BCUT2D eigenvalue weighted by atomic mass is 10.1. The fraction of sp³-hybridized carbons (Fsp3) is 0.474. The minimum atomic E-state index is -0.371. The van der Waals surface area contributed by atoms with Crippen LogP contribution in [0.1, 0.15) is 44.5 Å². The van der Waals surface area contributed by atoms with E-state index in [4.69, 9.17) is 0 Å². The standard InChI is InChI=1S/C19H26N6O2/c1-4-5-10-20-17(26)11-13(2)19(27)21-12-15-6-8-16(9-7-15)18-24-22-14(3)23-25-18/h6-9,13H,4-5,10-12H2,1-3H3,(H,20,26)(H,21,27). The summed E-state index contributed by atoms with van der Waals surface area (Å²) in [6, 6.07) is 7.50. The fourth-order valence-corrected chi connectivity index (χ4v) is 2.38. The molecule has 1 aromatic carbocycles. The minimum absolute atomic E-state index is 0.0873. The van der Waals surface area contributed by atoms with Crippen molar-refractivity contribution in [3.8, 4) is 11.4 Å². The molecule has 27 heavy (non-hydrogen) atoms. The number of amides is 2. The molecular weight excluding hydrogens is 344 g/mol. The molecule has 0 radical (unpaired) electrons. The number of nitrogens with zero attached hydrogens (tertiary/aromatic N) is 4. The average molecular weight is 370 g/mol. The number of carbonyl (C=O) groups is 2. The molecular formula is C19H26N6O2. The Balaban J connectivity index is 1.80. The summed E-state index contributed by atoms with van der Waals surface area (Å²) in [5.74, 6) is 0.380. The highest BCUT2D eigenvalue weighted by atomic mass is 16.2. The van der Waals surface area contributed by atoms with Crippen LogP contribution in [0.25, 0.3) is 11.4 Å². The van der Waals surface area contributed by atoms with Crippen molar-refractivity contribution in [2.24, 2.45) is 5.92 Å². The van der Waals surface area contributed by atoms with Crippen LogP contribution in [0.2, 0.25) is 0 Å². The van der Waals surface area contributed by atoms with Gasteiger partial charge < -0.3 is 10.6 Å². The Hall–Kier alpha value is -2.90. The summed E-state index contributed by atoms with van der Waals surface area (Å²) in [5.41, 5.74) is 1.75. The molecule has 1 heterocycles. The summed E-state index contributed by atoms with van der Waals surface area (Å²) in [7, 11) is 0. The zero-order chi connectivity index (χ0) is 19.6. The summed E-state index contributed by atoms with van der Waals surface area (Å²) in [4.78, 5) is 24.0. The number of benzene rings is 1. The van der Waals surface area contributed by atoms with Gasteiger partial charge in [-0.2, -0.15) is 0 Å². The Labute approximate surface area is 159 Å². The number of carbonyl (C=O) groups excluding carboxylic acids is 2. The quantitative estimate of drug-likeness (QED) is 0.651. The number of aromatic nitrogens is 4. The van der Waals surface area contributed by atoms with Crippen molar-refractivity contribution in [1.29, 1.82) is 0 Å². The van der Waals surface area contributed by atoms with E-state index >= 15 is 0 Å². The van der Waals surface area contributed by atoms with E-state index in [1.54, 1.807) is 13.8 Å². The van der Waals surface area contributed by atoms with E-state index in [1.807, 2.05) is 24.3 Å². The third-order valence-electron chi connectivity index (χ3n) is 4.05. The molecule has 2 amide bonds. The molecule has 8 nitrogen and oxygen atoms in total. The van der Waals surface area contributed by atoms with Gasteiger partial charge in [-0.05, 0) is 18.9 Å². The number of hydrogen-bond acceptors (Lipinski definition) is 6. The first kappa shape index (κ1) is 20.4. The summed E-state index contributed by atoms with van der Waals surface area (Å²) in [6.45, 7) is 6.60. The molecule has 0 saturated heterocycles. The van der Waals surface area contributed by atoms with Gasteiger partial charge >= 0.3 is 0 Å². The van der Waals surface area contributed by atoms with Gasteiger partial charge in [-0.1, -0.05) is 44.5 Å². The monoisotopic (exact) mass is 370 g/mol. The maximum absolute atomic E-state index is 12.2. The molecule has 1 atom stereocenters. The Bertz CT molecular complexity index is 746. The molecule has 1 unspecified atom stereocenters. The number of aryl methyl sites for hydroxylation is 1. The lowest BCUT2D eigenvalue weighted by Crippen LogP contribution is -2.33. The van der Waals surface area contributed by atoms with Gasteiger partial charge in [-0.25, -0.2) is 0 Å². The predicted molar refractivity (Wildman–Crippen MR) is 101 cm³/mol. The van der Waals surface area contributed by atoms with Crippen LogP contribution in [0.3, 0.4) is 0 Å². The molecule has 0 aliphatic heterocycles. The third kappa shape index (κ3) is 6.73. The fourth-order valence-electron chi connectivity index (χ4n) is 2.38. The Morgan fingerprint density at radius 1 is 1.04 bits per heavy atom. The van der Waals surface area contributed by atoms with Gasteiger partial charge in [0.2, 0.25) is 17.6 Å². The molecule has 0 bridgehead atoms. The smallest absolute Gasteiger partial charge is 0.223 e. The van der Waals surface area contributed by atoms with Gasteiger partial charge in [-0.15, -0.1) is 20.4 Å². The highest BCUT2D eigenvalue weighted by Gasteiger charge is 2.16. The number of rotatable bonds is 9. The van der Waals surface area contributed by atoms with E-state index in [-0.39, 0.29) is 24.2 Å². The lowest BCUT2D eigenvalue weighted by molar-refractivity contribution is -0.129. The molecule has 0 fully saturated rings. The Morgan fingerprint density at radius 3 is 2.33 bits per heavy atom. The van der Waals surface area contributed by atoms with E-state index in [1.165, 1.54) is 0 Å². The molecule has 8 heteroatoms. The molecule has 0 spiro atoms. The van der Waals surface area contributed by atoms with Crippen molar-refractivity contribution in [2.45, 2.75) is 46.6 Å². The molecule has 0 aliphatic carbocycles. The predicted octanol–water partition coefficient (Wildman–Crippen LogP) is 1.80. The maximum Gasteiger partial charge on any atom is 0.223 e. The van der Waals surface area contributed by atoms with E-state index in [0.717, 1.165) is 24.0 Å². The van der Waals surface area contributed by atoms with Gasteiger partial charge in [-0.3, -0.25) is 9.59 Å². The zero-order valence-corrected chi connectivity index (χ0v) is 16.0. The Kier molecular flexibility index (Phi) is 7.79. The van der Waals surface area contributed by atoms with E-state index in [2.05, 4.69) is 38.0 Å². The first-order valence-corrected chi connectivity index (χ1v) is 9.17. The van der Waals surface area contributed by atoms with Gasteiger partial charge in [0.15, 0.2) is 5.82 Å². The average Bonchev–Trinajstić information content (AvgIpc) is 2.67. The van der Waals surface area contributed by atoms with Crippen LogP contribution in [0.15, 0.2) is 24.3 Å². The molecule has 2 rings (SSSR count). The van der Waals surface area contributed by atoms with Crippen LogP contribution in [-0.4, -0.2) is 38.8 Å². The van der Waals surface area contributed by atoms with E-state index in [9.17, 15) is 9.59 Å². The van der Waals surface area contributed by atoms with Crippen LogP contribution >= 0.6 is 0 Å². The van der Waals surface area contributed by atoms with Crippen LogP contribution in [0.5, 0.6) is 0 Å². The number of hydrogen-bond donors (Lipinski definition) is 2. The molecule has 2 aromatic rings. The van der Waals surface area contributed by atoms with Gasteiger partial charge in [0.1, 0.15) is 0 Å². The van der Waals surface area contributed by atoms with Crippen molar-refractivity contribution < 1.29 is 9.59 Å². The topological polar surface area (TPSA) is 110 Å². The van der Waals surface area contributed by atoms with Crippen LogP contribution < -0.4 is 10.6 Å². The molecule has 0 aliphatic rings. The second-order valence-corrected chi connectivity index (χ2v) is 6.49. The summed E-state index contributed by atoms with van der Waals surface area (Å²) in [6.07, 6.45) is 2.17. The second-order valence-electron chi connectivity index (χ2n) is 6.49. The zero-order valence-electron chi connectivity index (χ0n) is 16.0. The summed E-state index contributed by atoms with van der Waals surface area (Å²) >= 11 is 0. The second kappa shape index (κ2) is 10.3. The highest BCUT2D eigenvalue weighted by Crippen LogP contribution is 2.14. The molecule has 144 valence electrons. The van der Waals surface area contributed by atoms with Crippen molar-refractivity contribution in [1.82, 2.24) is 31.0 Å². The van der Waals surface area contributed by atoms with Crippen molar-refractivity contribution in [3.63, 3.8) is 0 Å². The minimum Gasteiger partial charge on any atom is -0.356 e. The Morgan fingerprint density at radius 2 is 1.70 bits per heavy atom. The van der Waals surface area contributed by atoms with Crippen LogP contribution in [0, 0.1) is 12.8 Å². The lowest BCUT2D eigenvalue weighted by Gasteiger charge is -2.12. The van der Waals surface area contributed by atoms with Crippen LogP contribution in [0.4, 0.5) is 0 Å². The third-order valence-corrected chi connectivity index (χ3v) is 4.05. The SMILES string of the molecule is CCCCNC(=O)CC(C)C(=O)NCc1ccc(-c2nnc(C)nn2)cc1. The number of nitrogens with one attached hydrogen (secondary N) is 2. The molecule has 0 saturated carbocycles. The van der Waals surface area contributed by atoms with E-state index < -0.39 is 0 Å². The van der Waals surface area contributed by atoms with Crippen molar-refractivity contribution in [3.05, 3.63) is 35.7 Å². The van der Waals surface area contributed by atoms with Gasteiger partial charge in [0, 0.05) is 31.0 Å². The van der Waals surface area contributed by atoms with Crippen molar-refractivity contribution in [2.75, 3.05) is 6.54 Å². The largest absolute Gasteiger partial charge is 0.356 e. The maximum atomic E-state index is 12.2. The van der Waals surface area contributed by atoms with Crippen molar-refractivity contribution >= 4 is 11.8 Å². The summed E-state index contributed by atoms with van der Waals surface area (Å²) < 4.78 is 0. The van der Waals surface area contributed by atoms with Crippen LogP contribution in [-0.2, 0) is 16.1 Å². The summed E-state index contributed by atoms with van der Waals surface area (Å²) in [5, 5.41) is 21.5. The normalized spacial score (nSPS) is 11.7. The molecule has 2 N–H and O–H groups in total. The first-order valence-electron chi connectivity index (χ1n) is 9.17. The van der Waals surface area contributed by atoms with Gasteiger partial charge in [0.25, 0.3) is 0 Å². The van der Waals surface area contributed by atoms with Gasteiger partial charge in [0.05, 0.1) is 0 Å². The molecule has 1 aromatic heterocycles.